The first-order valence-electron chi connectivity index (χ1n) is 11.0. The second kappa shape index (κ2) is 12.2. The van der Waals surface area contributed by atoms with E-state index in [1.807, 2.05) is 54.6 Å². The number of nitriles is 1. The lowest BCUT2D eigenvalue weighted by molar-refractivity contribution is -0.118. The highest BCUT2D eigenvalue weighted by atomic mass is 79.9. The Morgan fingerprint density at radius 3 is 2.72 bits per heavy atom. The molecule has 8 heteroatoms. The number of benzene rings is 4. The third kappa shape index (κ3) is 6.25. The van der Waals surface area contributed by atoms with Gasteiger partial charge in [-0.25, -0.2) is 5.43 Å². The molecule has 4 rings (SSSR count). The van der Waals surface area contributed by atoms with Crippen LogP contribution in [0.5, 0.6) is 11.5 Å². The van der Waals surface area contributed by atoms with E-state index in [4.69, 9.17) is 9.47 Å². The number of hydrogen-bond acceptors (Lipinski definition) is 6. The van der Waals surface area contributed by atoms with Gasteiger partial charge < -0.3 is 9.47 Å². The smallest absolute Gasteiger partial charge is 0.250 e. The number of carbonyl (C=O) groups excluding carboxylic acids is 1. The molecule has 0 atom stereocenters. The highest BCUT2D eigenvalue weighted by Gasteiger charge is 2.13. The van der Waals surface area contributed by atoms with Crippen molar-refractivity contribution >= 4 is 50.6 Å². The quantitative estimate of drug-likeness (QED) is 0.148. The number of ether oxygens (including phenoxy) is 2. The number of halogens is 1. The molecule has 0 unspecified atom stereocenters. The third-order valence-electron chi connectivity index (χ3n) is 5.28. The van der Waals surface area contributed by atoms with Crippen molar-refractivity contribution in [3.8, 4) is 17.6 Å². The van der Waals surface area contributed by atoms with Crippen LogP contribution in [0.25, 0.3) is 10.8 Å². The molecule has 6 nitrogen and oxygen atoms in total. The molecule has 0 aliphatic carbocycles. The van der Waals surface area contributed by atoms with Gasteiger partial charge in [0, 0.05) is 20.5 Å². The molecule has 0 radical (unpaired) electrons. The van der Waals surface area contributed by atoms with Crippen LogP contribution in [0.4, 0.5) is 0 Å². The Morgan fingerprint density at radius 1 is 1.11 bits per heavy atom. The maximum absolute atomic E-state index is 12.5. The Labute approximate surface area is 222 Å². The van der Waals surface area contributed by atoms with Crippen molar-refractivity contribution in [1.29, 1.82) is 5.26 Å². The van der Waals surface area contributed by atoms with Gasteiger partial charge in [-0.3, -0.25) is 4.79 Å². The first-order valence-corrected chi connectivity index (χ1v) is 12.8. The van der Waals surface area contributed by atoms with E-state index in [1.54, 1.807) is 19.2 Å². The molecule has 0 spiro atoms. The maximum atomic E-state index is 12.5. The van der Waals surface area contributed by atoms with Gasteiger partial charge in [0.05, 0.1) is 30.7 Å². The molecule has 0 heterocycles. The summed E-state index contributed by atoms with van der Waals surface area (Å²) in [6.45, 7) is 0.177. The van der Waals surface area contributed by atoms with Crippen LogP contribution < -0.4 is 14.9 Å². The zero-order valence-electron chi connectivity index (χ0n) is 19.4. The number of nitrogens with one attached hydrogen (secondary N) is 1. The molecule has 0 bridgehead atoms. The predicted octanol–water partition coefficient (Wildman–Crippen LogP) is 6.30. The summed E-state index contributed by atoms with van der Waals surface area (Å²) in [5.74, 6) is 0.952. The van der Waals surface area contributed by atoms with E-state index in [0.29, 0.717) is 22.6 Å². The van der Waals surface area contributed by atoms with Gasteiger partial charge in [-0.2, -0.15) is 10.4 Å². The predicted molar refractivity (Wildman–Crippen MR) is 147 cm³/mol. The summed E-state index contributed by atoms with van der Waals surface area (Å²) >= 11 is 4.93. The fourth-order valence-corrected chi connectivity index (χ4v) is 4.89. The SMILES string of the molecule is COc1cc(Br)cc(/C=N\NC(=O)CSc2cccc3ccccc23)c1OCc1ccccc1C#N. The molecule has 0 fully saturated rings. The zero-order chi connectivity index (χ0) is 25.3. The summed E-state index contributed by atoms with van der Waals surface area (Å²) in [5, 5.41) is 15.7. The van der Waals surface area contributed by atoms with Gasteiger partial charge in [-0.15, -0.1) is 11.8 Å². The summed E-state index contributed by atoms with van der Waals surface area (Å²) in [4.78, 5) is 13.5. The lowest BCUT2D eigenvalue weighted by Crippen LogP contribution is -2.19. The lowest BCUT2D eigenvalue weighted by Gasteiger charge is -2.14. The van der Waals surface area contributed by atoms with Crippen LogP contribution in [0.1, 0.15) is 16.7 Å². The largest absolute Gasteiger partial charge is 0.493 e. The fraction of sp³-hybridized carbons (Fsp3) is 0.107. The molecule has 1 N–H and O–H groups in total. The first-order chi connectivity index (χ1) is 17.6. The van der Waals surface area contributed by atoms with E-state index in [0.717, 1.165) is 25.7 Å². The molecule has 0 aliphatic rings. The summed E-state index contributed by atoms with van der Waals surface area (Å²) in [6.07, 6.45) is 1.51. The Bertz CT molecular complexity index is 1460. The second-order valence-electron chi connectivity index (χ2n) is 7.64. The topological polar surface area (TPSA) is 83.7 Å². The molecule has 0 saturated carbocycles. The first kappa shape index (κ1) is 25.3. The van der Waals surface area contributed by atoms with Crippen LogP contribution in [-0.4, -0.2) is 25.0 Å². The number of amides is 1. The molecular formula is C28H22BrN3O3S. The minimum absolute atomic E-state index is 0.177. The number of methoxy groups -OCH3 is 1. The van der Waals surface area contributed by atoms with Crippen LogP contribution in [0.2, 0.25) is 0 Å². The number of carbonyl (C=O) groups is 1. The van der Waals surface area contributed by atoms with Crippen molar-refractivity contribution < 1.29 is 14.3 Å². The van der Waals surface area contributed by atoms with E-state index >= 15 is 0 Å². The van der Waals surface area contributed by atoms with Gasteiger partial charge in [0.15, 0.2) is 11.5 Å². The van der Waals surface area contributed by atoms with Crippen molar-refractivity contribution in [2.75, 3.05) is 12.9 Å². The molecule has 180 valence electrons. The Balaban J connectivity index is 1.44. The molecule has 4 aromatic carbocycles. The summed E-state index contributed by atoms with van der Waals surface area (Å²) in [7, 11) is 1.55. The fourth-order valence-electron chi connectivity index (χ4n) is 3.57. The molecule has 4 aromatic rings. The second-order valence-corrected chi connectivity index (χ2v) is 9.58. The highest BCUT2D eigenvalue weighted by Crippen LogP contribution is 2.35. The molecule has 0 aromatic heterocycles. The number of fused-ring (bicyclic) bond motifs is 1. The minimum Gasteiger partial charge on any atom is -0.493 e. The normalized spacial score (nSPS) is 10.8. The standard InChI is InChI=1S/C28H22BrN3O3S/c1-34-25-14-23(29)13-22(28(25)35-17-21-9-3-2-8-20(21)15-30)16-31-32-27(33)18-36-26-12-6-10-19-7-4-5-11-24(19)26/h2-14,16H,17-18H2,1H3,(H,32,33)/b31-16-. The summed E-state index contributed by atoms with van der Waals surface area (Å²) < 4.78 is 12.3. The molecule has 36 heavy (non-hydrogen) atoms. The Morgan fingerprint density at radius 2 is 1.89 bits per heavy atom. The number of rotatable bonds is 9. The lowest BCUT2D eigenvalue weighted by atomic mass is 10.1. The summed E-state index contributed by atoms with van der Waals surface area (Å²) in [5.41, 5.74) is 4.49. The van der Waals surface area contributed by atoms with E-state index in [-0.39, 0.29) is 18.3 Å². The van der Waals surface area contributed by atoms with Crippen LogP contribution in [0, 0.1) is 11.3 Å². The Hall–Kier alpha value is -3.80. The molecule has 0 saturated heterocycles. The van der Waals surface area contributed by atoms with E-state index in [2.05, 4.69) is 44.7 Å². The van der Waals surface area contributed by atoms with Crippen molar-refractivity contribution in [2.24, 2.45) is 5.10 Å². The zero-order valence-corrected chi connectivity index (χ0v) is 21.8. The third-order valence-corrected chi connectivity index (χ3v) is 6.81. The van der Waals surface area contributed by atoms with Crippen molar-refractivity contribution in [3.63, 3.8) is 0 Å². The average Bonchev–Trinajstić information content (AvgIpc) is 2.91. The number of hydrogen-bond donors (Lipinski definition) is 1. The van der Waals surface area contributed by atoms with Gasteiger partial charge in [-0.05, 0) is 35.0 Å². The number of thioether (sulfide) groups is 1. The van der Waals surface area contributed by atoms with Crippen LogP contribution in [0.15, 0.2) is 93.3 Å². The van der Waals surface area contributed by atoms with Gasteiger partial charge in [0.25, 0.3) is 0 Å². The average molecular weight is 560 g/mol. The number of nitrogens with zero attached hydrogens (tertiary/aromatic N) is 2. The Kier molecular flexibility index (Phi) is 8.61. The summed E-state index contributed by atoms with van der Waals surface area (Å²) in [6, 6.07) is 27.1. The molecule has 1 amide bonds. The van der Waals surface area contributed by atoms with Gasteiger partial charge in [0.1, 0.15) is 6.61 Å². The molecule has 0 aliphatic heterocycles. The van der Waals surface area contributed by atoms with Gasteiger partial charge in [0.2, 0.25) is 5.91 Å². The van der Waals surface area contributed by atoms with Gasteiger partial charge >= 0.3 is 0 Å². The van der Waals surface area contributed by atoms with Crippen molar-refractivity contribution in [1.82, 2.24) is 5.43 Å². The van der Waals surface area contributed by atoms with Crippen LogP contribution >= 0.6 is 27.7 Å². The van der Waals surface area contributed by atoms with Crippen molar-refractivity contribution in [3.05, 3.63) is 100 Å². The number of hydrazone groups is 1. The monoisotopic (exact) mass is 559 g/mol. The van der Waals surface area contributed by atoms with Crippen LogP contribution in [-0.2, 0) is 11.4 Å². The highest BCUT2D eigenvalue weighted by molar-refractivity contribution is 9.10. The van der Waals surface area contributed by atoms with Gasteiger partial charge in [-0.1, -0.05) is 70.5 Å². The van der Waals surface area contributed by atoms with E-state index in [1.165, 1.54) is 18.0 Å². The molecular weight excluding hydrogens is 538 g/mol. The van der Waals surface area contributed by atoms with E-state index < -0.39 is 0 Å². The van der Waals surface area contributed by atoms with Crippen LogP contribution in [0.3, 0.4) is 0 Å². The maximum Gasteiger partial charge on any atom is 0.250 e. The van der Waals surface area contributed by atoms with E-state index in [9.17, 15) is 10.1 Å². The van der Waals surface area contributed by atoms with Crippen molar-refractivity contribution in [2.45, 2.75) is 11.5 Å². The minimum atomic E-state index is -0.225.